The first-order valence-electron chi connectivity index (χ1n) is 7.22. The lowest BCUT2D eigenvalue weighted by Gasteiger charge is -2.29. The van der Waals surface area contributed by atoms with Crippen molar-refractivity contribution < 1.29 is 0 Å². The minimum atomic E-state index is 0.128. The van der Waals surface area contributed by atoms with Crippen LogP contribution in [0.5, 0.6) is 0 Å². The standard InChI is InChI=1S/C15H26N2S2/c1-11-5-7-17(8-6-11)9-13-16-14(15(2,3)4)12(10-18)19-13/h11,18H,5-10H2,1-4H3. The van der Waals surface area contributed by atoms with E-state index in [0.29, 0.717) is 0 Å². The molecule has 0 spiro atoms. The van der Waals surface area contributed by atoms with E-state index in [-0.39, 0.29) is 5.41 Å². The van der Waals surface area contributed by atoms with E-state index in [1.807, 2.05) is 11.3 Å². The molecule has 1 aliphatic rings. The average molecular weight is 299 g/mol. The first-order chi connectivity index (χ1) is 8.90. The summed E-state index contributed by atoms with van der Waals surface area (Å²) in [5.41, 5.74) is 1.37. The van der Waals surface area contributed by atoms with Gasteiger partial charge >= 0.3 is 0 Å². The fourth-order valence-electron chi connectivity index (χ4n) is 2.57. The maximum atomic E-state index is 4.89. The lowest BCUT2D eigenvalue weighted by Crippen LogP contribution is -2.32. The van der Waals surface area contributed by atoms with Gasteiger partial charge in [-0.3, -0.25) is 4.90 Å². The molecule has 2 nitrogen and oxygen atoms in total. The van der Waals surface area contributed by atoms with E-state index >= 15 is 0 Å². The molecule has 0 N–H and O–H groups in total. The Morgan fingerprint density at radius 2 is 1.95 bits per heavy atom. The first-order valence-corrected chi connectivity index (χ1v) is 8.67. The van der Waals surface area contributed by atoms with Crippen LogP contribution in [0.2, 0.25) is 0 Å². The number of rotatable bonds is 3. The Balaban J connectivity index is 2.07. The van der Waals surface area contributed by atoms with Crippen LogP contribution in [0.1, 0.15) is 56.1 Å². The molecule has 0 radical (unpaired) electrons. The van der Waals surface area contributed by atoms with Gasteiger partial charge in [-0.2, -0.15) is 12.6 Å². The van der Waals surface area contributed by atoms with Gasteiger partial charge in [-0.15, -0.1) is 11.3 Å². The highest BCUT2D eigenvalue weighted by Gasteiger charge is 2.24. The zero-order valence-corrected chi connectivity index (χ0v) is 14.3. The van der Waals surface area contributed by atoms with Crippen LogP contribution in [0.3, 0.4) is 0 Å². The maximum Gasteiger partial charge on any atom is 0.107 e. The Hall–Kier alpha value is -0.0600. The van der Waals surface area contributed by atoms with Crippen molar-refractivity contribution in [2.75, 3.05) is 13.1 Å². The van der Waals surface area contributed by atoms with Crippen molar-refractivity contribution in [1.82, 2.24) is 9.88 Å². The van der Waals surface area contributed by atoms with Crippen molar-refractivity contribution in [3.05, 3.63) is 15.6 Å². The van der Waals surface area contributed by atoms with Gasteiger partial charge in [-0.25, -0.2) is 4.98 Å². The predicted octanol–water partition coefficient (Wildman–Crippen LogP) is 4.10. The largest absolute Gasteiger partial charge is 0.297 e. The topological polar surface area (TPSA) is 16.1 Å². The fraction of sp³-hybridized carbons (Fsp3) is 0.800. The summed E-state index contributed by atoms with van der Waals surface area (Å²) in [5.74, 6) is 1.70. The number of aromatic nitrogens is 1. The third kappa shape index (κ3) is 3.96. The molecule has 0 atom stereocenters. The van der Waals surface area contributed by atoms with Crippen LogP contribution in [0.15, 0.2) is 0 Å². The van der Waals surface area contributed by atoms with Gasteiger partial charge in [0.25, 0.3) is 0 Å². The Labute approximate surface area is 127 Å². The Bertz CT molecular complexity index is 412. The quantitative estimate of drug-likeness (QED) is 0.846. The molecule has 1 aromatic rings. The molecular formula is C15H26N2S2. The van der Waals surface area contributed by atoms with Gasteiger partial charge in [0, 0.05) is 16.0 Å². The van der Waals surface area contributed by atoms with E-state index in [2.05, 4.69) is 45.2 Å². The second-order valence-corrected chi connectivity index (χ2v) is 8.23. The molecule has 108 valence electrons. The monoisotopic (exact) mass is 298 g/mol. The summed E-state index contributed by atoms with van der Waals surface area (Å²) >= 11 is 6.31. The van der Waals surface area contributed by atoms with E-state index in [4.69, 9.17) is 4.98 Å². The molecule has 19 heavy (non-hydrogen) atoms. The molecule has 1 saturated heterocycles. The van der Waals surface area contributed by atoms with Crippen molar-refractivity contribution in [2.45, 2.75) is 58.2 Å². The van der Waals surface area contributed by atoms with Crippen molar-refractivity contribution in [1.29, 1.82) is 0 Å². The Morgan fingerprint density at radius 3 is 2.42 bits per heavy atom. The second-order valence-electron chi connectivity index (χ2n) is 6.75. The van der Waals surface area contributed by atoms with Crippen LogP contribution < -0.4 is 0 Å². The maximum absolute atomic E-state index is 4.89. The molecule has 0 aromatic carbocycles. The van der Waals surface area contributed by atoms with E-state index < -0.39 is 0 Å². The molecule has 0 unspecified atom stereocenters. The van der Waals surface area contributed by atoms with Crippen molar-refractivity contribution in [3.8, 4) is 0 Å². The van der Waals surface area contributed by atoms with E-state index in [9.17, 15) is 0 Å². The minimum absolute atomic E-state index is 0.128. The zero-order chi connectivity index (χ0) is 14.0. The number of likely N-dealkylation sites (tertiary alicyclic amines) is 1. The summed E-state index contributed by atoms with van der Waals surface area (Å²) in [6.45, 7) is 12.5. The molecular weight excluding hydrogens is 272 g/mol. The Morgan fingerprint density at radius 1 is 1.32 bits per heavy atom. The predicted molar refractivity (Wildman–Crippen MR) is 87.2 cm³/mol. The molecule has 1 aliphatic heterocycles. The lowest BCUT2D eigenvalue weighted by atomic mass is 9.91. The molecule has 0 aliphatic carbocycles. The van der Waals surface area contributed by atoms with E-state index in [1.165, 1.54) is 41.5 Å². The normalized spacial score (nSPS) is 19.0. The van der Waals surface area contributed by atoms with Crippen LogP contribution in [0.4, 0.5) is 0 Å². The molecule has 1 fully saturated rings. The number of hydrogen-bond donors (Lipinski definition) is 1. The van der Waals surface area contributed by atoms with Gasteiger partial charge in [0.15, 0.2) is 0 Å². The number of hydrogen-bond acceptors (Lipinski definition) is 4. The highest BCUT2D eigenvalue weighted by atomic mass is 32.1. The molecule has 0 amide bonds. The van der Waals surface area contributed by atoms with Gasteiger partial charge in [-0.05, 0) is 31.8 Å². The van der Waals surface area contributed by atoms with Crippen molar-refractivity contribution in [3.63, 3.8) is 0 Å². The zero-order valence-electron chi connectivity index (χ0n) is 12.6. The summed E-state index contributed by atoms with van der Waals surface area (Å²) in [6.07, 6.45) is 2.66. The minimum Gasteiger partial charge on any atom is -0.297 e. The highest BCUT2D eigenvalue weighted by Crippen LogP contribution is 2.31. The highest BCUT2D eigenvalue weighted by molar-refractivity contribution is 7.79. The summed E-state index contributed by atoms with van der Waals surface area (Å²) in [4.78, 5) is 8.79. The number of piperidine rings is 1. The third-order valence-corrected chi connectivity index (χ3v) is 5.40. The van der Waals surface area contributed by atoms with Crippen molar-refractivity contribution >= 4 is 24.0 Å². The summed E-state index contributed by atoms with van der Waals surface area (Å²) < 4.78 is 0. The van der Waals surface area contributed by atoms with Gasteiger partial charge < -0.3 is 0 Å². The van der Waals surface area contributed by atoms with Crippen LogP contribution in [0.25, 0.3) is 0 Å². The molecule has 2 heterocycles. The van der Waals surface area contributed by atoms with Gasteiger partial charge in [-0.1, -0.05) is 27.7 Å². The molecule has 4 heteroatoms. The van der Waals surface area contributed by atoms with E-state index in [0.717, 1.165) is 18.2 Å². The molecule has 0 saturated carbocycles. The smallest absolute Gasteiger partial charge is 0.107 e. The van der Waals surface area contributed by atoms with Gasteiger partial charge in [0.2, 0.25) is 0 Å². The Kier molecular flexibility index (Phi) is 4.96. The molecule has 1 aromatic heterocycles. The van der Waals surface area contributed by atoms with E-state index in [1.54, 1.807) is 0 Å². The van der Waals surface area contributed by atoms with Crippen molar-refractivity contribution in [2.24, 2.45) is 5.92 Å². The summed E-state index contributed by atoms with van der Waals surface area (Å²) in [6, 6.07) is 0. The fourth-order valence-corrected chi connectivity index (χ4v) is 4.10. The van der Waals surface area contributed by atoms with Gasteiger partial charge in [0.1, 0.15) is 5.01 Å². The molecule has 2 rings (SSSR count). The molecule has 0 bridgehead atoms. The van der Waals surface area contributed by atoms with Crippen LogP contribution in [-0.4, -0.2) is 23.0 Å². The van der Waals surface area contributed by atoms with Crippen LogP contribution in [0, 0.1) is 5.92 Å². The van der Waals surface area contributed by atoms with Gasteiger partial charge in [0.05, 0.1) is 12.2 Å². The number of nitrogens with zero attached hydrogens (tertiary/aromatic N) is 2. The number of thiol groups is 1. The summed E-state index contributed by atoms with van der Waals surface area (Å²) in [5, 5.41) is 1.27. The summed E-state index contributed by atoms with van der Waals surface area (Å²) in [7, 11) is 0. The SMILES string of the molecule is CC1CCN(Cc2nc(C(C)(C)C)c(CS)s2)CC1. The van der Waals surface area contributed by atoms with Crippen LogP contribution in [-0.2, 0) is 17.7 Å². The third-order valence-electron chi connectivity index (χ3n) is 3.83. The number of thiazole rings is 1. The average Bonchev–Trinajstić information content (AvgIpc) is 2.75. The second kappa shape index (κ2) is 6.15. The lowest BCUT2D eigenvalue weighted by molar-refractivity contribution is 0.185. The van der Waals surface area contributed by atoms with Crippen LogP contribution >= 0.6 is 24.0 Å². The first kappa shape index (κ1) is 15.3.